The molecule has 0 spiro atoms. The van der Waals surface area contributed by atoms with E-state index in [1.165, 1.54) is 39.0 Å². The van der Waals surface area contributed by atoms with E-state index < -0.39 is 0 Å². The molecule has 5 rings (SSSR count). The molecule has 0 radical (unpaired) electrons. The Morgan fingerprint density at radius 1 is 0.750 bits per heavy atom. The lowest BCUT2D eigenvalue weighted by Crippen LogP contribution is -2.12. The maximum Gasteiger partial charge on any atom is 0.0346 e. The van der Waals surface area contributed by atoms with Crippen molar-refractivity contribution in [3.05, 3.63) is 147 Å². The van der Waals surface area contributed by atoms with Crippen LogP contribution in [-0.2, 0) is 12.8 Å². The smallest absolute Gasteiger partial charge is 0.0346 e. The highest BCUT2D eigenvalue weighted by atomic mass is 79.9. The van der Waals surface area contributed by atoms with E-state index in [9.17, 15) is 0 Å². The second kappa shape index (κ2) is 14.9. The molecule has 0 bridgehead atoms. The quantitative estimate of drug-likeness (QED) is 0.216. The SMILES string of the molecule is CN(C)C/C=C(/c1ccc(Br)cc1)c1cccnc1.CN(C)CCC=C1c2ccccc2CCc2ccccc21. The first-order valence-corrected chi connectivity index (χ1v) is 14.7. The van der Waals surface area contributed by atoms with Crippen molar-refractivity contribution in [3.63, 3.8) is 0 Å². The van der Waals surface area contributed by atoms with Crippen molar-refractivity contribution in [1.29, 1.82) is 0 Å². The summed E-state index contributed by atoms with van der Waals surface area (Å²) in [5.74, 6) is 0. The molecule has 40 heavy (non-hydrogen) atoms. The summed E-state index contributed by atoms with van der Waals surface area (Å²) in [6, 6.07) is 30.2. The number of likely N-dealkylation sites (N-methyl/N-ethyl adjacent to an activating group) is 1. The molecule has 4 aromatic rings. The summed E-state index contributed by atoms with van der Waals surface area (Å²) in [4.78, 5) is 8.60. The molecular formula is C36H40BrN3. The monoisotopic (exact) mass is 593 g/mol. The number of nitrogens with zero attached hydrogens (tertiary/aromatic N) is 3. The van der Waals surface area contributed by atoms with E-state index in [1.807, 2.05) is 12.3 Å². The van der Waals surface area contributed by atoms with Crippen molar-refractivity contribution in [1.82, 2.24) is 14.8 Å². The third-order valence-electron chi connectivity index (χ3n) is 6.99. The highest BCUT2D eigenvalue weighted by Crippen LogP contribution is 2.33. The highest BCUT2D eigenvalue weighted by molar-refractivity contribution is 9.10. The highest BCUT2D eigenvalue weighted by Gasteiger charge is 2.17. The third-order valence-corrected chi connectivity index (χ3v) is 7.52. The lowest BCUT2D eigenvalue weighted by molar-refractivity contribution is 0.417. The lowest BCUT2D eigenvalue weighted by Gasteiger charge is -2.13. The van der Waals surface area contributed by atoms with Crippen molar-refractivity contribution < 1.29 is 0 Å². The fourth-order valence-electron chi connectivity index (χ4n) is 4.93. The first kappa shape index (κ1) is 29.7. The molecule has 0 fully saturated rings. The van der Waals surface area contributed by atoms with E-state index in [2.05, 4.69) is 150 Å². The average Bonchev–Trinajstić information content (AvgIpc) is 3.12. The van der Waals surface area contributed by atoms with Crippen molar-refractivity contribution in [2.45, 2.75) is 19.3 Å². The minimum Gasteiger partial charge on any atom is -0.309 e. The number of aromatic nitrogens is 1. The van der Waals surface area contributed by atoms with E-state index >= 15 is 0 Å². The van der Waals surface area contributed by atoms with Gasteiger partial charge in [0.15, 0.2) is 0 Å². The fraction of sp³-hybridized carbons (Fsp3) is 0.250. The van der Waals surface area contributed by atoms with Gasteiger partial charge in [-0.2, -0.15) is 0 Å². The molecule has 3 aromatic carbocycles. The summed E-state index contributed by atoms with van der Waals surface area (Å²) >= 11 is 3.47. The number of hydrogen-bond donors (Lipinski definition) is 0. The van der Waals surface area contributed by atoms with Gasteiger partial charge in [0.05, 0.1) is 0 Å². The molecule has 0 saturated carbocycles. The summed E-state index contributed by atoms with van der Waals surface area (Å²) < 4.78 is 1.09. The van der Waals surface area contributed by atoms with Crippen LogP contribution in [0.15, 0.2) is 114 Å². The number of pyridine rings is 1. The van der Waals surface area contributed by atoms with E-state index in [0.717, 1.165) is 42.4 Å². The molecule has 0 atom stereocenters. The van der Waals surface area contributed by atoms with E-state index in [4.69, 9.17) is 0 Å². The van der Waals surface area contributed by atoms with Gasteiger partial charge >= 0.3 is 0 Å². The first-order chi connectivity index (χ1) is 19.4. The molecule has 3 nitrogen and oxygen atoms in total. The van der Waals surface area contributed by atoms with E-state index in [-0.39, 0.29) is 0 Å². The molecule has 0 aliphatic heterocycles. The summed E-state index contributed by atoms with van der Waals surface area (Å²) in [6.07, 6.45) is 11.7. The molecule has 0 N–H and O–H groups in total. The normalized spacial score (nSPS) is 12.8. The Morgan fingerprint density at radius 2 is 1.38 bits per heavy atom. The van der Waals surface area contributed by atoms with Gasteiger partial charge < -0.3 is 9.80 Å². The minimum absolute atomic E-state index is 0.903. The third kappa shape index (κ3) is 8.34. The molecule has 1 aliphatic carbocycles. The van der Waals surface area contributed by atoms with Crippen LogP contribution in [-0.4, -0.2) is 56.1 Å². The molecular weight excluding hydrogens is 554 g/mol. The molecule has 0 unspecified atom stereocenters. The van der Waals surface area contributed by atoms with Gasteiger partial charge in [0.25, 0.3) is 0 Å². The second-order valence-electron chi connectivity index (χ2n) is 10.7. The van der Waals surface area contributed by atoms with Gasteiger partial charge in [-0.25, -0.2) is 0 Å². The van der Waals surface area contributed by atoms with E-state index in [1.54, 1.807) is 6.20 Å². The number of rotatable bonds is 7. The van der Waals surface area contributed by atoms with Gasteiger partial charge in [-0.3, -0.25) is 4.98 Å². The summed E-state index contributed by atoms with van der Waals surface area (Å²) in [5.41, 5.74) is 10.8. The number of halogens is 1. The zero-order chi connectivity index (χ0) is 28.3. The Morgan fingerprint density at radius 3 is 1.93 bits per heavy atom. The van der Waals surface area contributed by atoms with Crippen LogP contribution < -0.4 is 0 Å². The lowest BCUT2D eigenvalue weighted by atomic mass is 9.93. The maximum atomic E-state index is 4.21. The molecule has 4 heteroatoms. The van der Waals surface area contributed by atoms with Crippen molar-refractivity contribution in [2.24, 2.45) is 0 Å². The van der Waals surface area contributed by atoms with E-state index in [0.29, 0.717) is 0 Å². The predicted molar refractivity (Wildman–Crippen MR) is 175 cm³/mol. The van der Waals surface area contributed by atoms with Crippen LogP contribution >= 0.6 is 15.9 Å². The Bertz CT molecular complexity index is 1370. The number of aryl methyl sites for hydroxylation is 2. The first-order valence-electron chi connectivity index (χ1n) is 13.9. The average molecular weight is 595 g/mol. The molecule has 1 aromatic heterocycles. The largest absolute Gasteiger partial charge is 0.309 e. The van der Waals surface area contributed by atoms with Crippen molar-refractivity contribution in [2.75, 3.05) is 41.3 Å². The van der Waals surface area contributed by atoms with Crippen LogP contribution in [0.5, 0.6) is 0 Å². The van der Waals surface area contributed by atoms with Crippen LogP contribution in [0.2, 0.25) is 0 Å². The summed E-state index contributed by atoms with van der Waals surface area (Å²) in [6.45, 7) is 1.99. The summed E-state index contributed by atoms with van der Waals surface area (Å²) in [7, 11) is 8.40. The molecule has 0 saturated heterocycles. The molecule has 1 aliphatic rings. The van der Waals surface area contributed by atoms with Gasteiger partial charge in [-0.05, 0) is 105 Å². The summed E-state index contributed by atoms with van der Waals surface area (Å²) in [5, 5.41) is 0. The van der Waals surface area contributed by atoms with Gasteiger partial charge in [0.1, 0.15) is 0 Å². The van der Waals surface area contributed by atoms with Crippen molar-refractivity contribution >= 4 is 27.1 Å². The number of benzene rings is 3. The van der Waals surface area contributed by atoms with Crippen molar-refractivity contribution in [3.8, 4) is 0 Å². The fourth-order valence-corrected chi connectivity index (χ4v) is 5.20. The zero-order valence-corrected chi connectivity index (χ0v) is 25.7. The minimum atomic E-state index is 0.903. The van der Waals surface area contributed by atoms with Crippen LogP contribution in [0, 0.1) is 0 Å². The van der Waals surface area contributed by atoms with Crippen LogP contribution in [0.1, 0.15) is 39.8 Å². The molecule has 1 heterocycles. The molecule has 0 amide bonds. The number of fused-ring (bicyclic) bond motifs is 2. The van der Waals surface area contributed by atoms with Crippen LogP contribution in [0.3, 0.4) is 0 Å². The van der Waals surface area contributed by atoms with Crippen LogP contribution in [0.25, 0.3) is 11.1 Å². The van der Waals surface area contributed by atoms with Gasteiger partial charge in [0.2, 0.25) is 0 Å². The van der Waals surface area contributed by atoms with Gasteiger partial charge in [0, 0.05) is 35.5 Å². The Balaban J connectivity index is 0.000000186. The zero-order valence-electron chi connectivity index (χ0n) is 24.1. The molecule has 206 valence electrons. The van der Waals surface area contributed by atoms with Gasteiger partial charge in [-0.15, -0.1) is 0 Å². The van der Waals surface area contributed by atoms with Gasteiger partial charge in [-0.1, -0.05) is 94.8 Å². The maximum absolute atomic E-state index is 4.21. The Labute approximate surface area is 249 Å². The van der Waals surface area contributed by atoms with Crippen LogP contribution in [0.4, 0.5) is 0 Å². The topological polar surface area (TPSA) is 19.4 Å². The predicted octanol–water partition coefficient (Wildman–Crippen LogP) is 8.01. The Kier molecular flexibility index (Phi) is 11.1. The second-order valence-corrected chi connectivity index (χ2v) is 11.6. The standard InChI is InChI=1S/C20H23N.C16H17BrN2/c1-21(2)15-7-12-20-18-10-5-3-8-16(18)13-14-17-9-4-6-11-19(17)20;1-19(2)11-9-16(14-4-3-10-18-12-14)13-5-7-15(17)8-6-13/h3-6,8-12H,7,13-15H2,1-2H3;3-10,12H,11H2,1-2H3/b;16-9-. The number of hydrogen-bond acceptors (Lipinski definition) is 3. The Hall–Kier alpha value is -3.31.